The van der Waals surface area contributed by atoms with Crippen molar-refractivity contribution in [2.45, 2.75) is 18.2 Å². The molecule has 2 aromatic rings. The monoisotopic (exact) mass is 395 g/mol. The van der Waals surface area contributed by atoms with Crippen LogP contribution in [0.5, 0.6) is 0 Å². The van der Waals surface area contributed by atoms with Crippen molar-refractivity contribution >= 4 is 21.4 Å². The van der Waals surface area contributed by atoms with E-state index in [4.69, 9.17) is 4.74 Å². The Morgan fingerprint density at radius 2 is 2.04 bits per heavy atom. The third-order valence-corrected chi connectivity index (χ3v) is 6.40. The van der Waals surface area contributed by atoms with E-state index in [0.717, 1.165) is 6.07 Å². The maximum Gasteiger partial charge on any atom is 0.255 e. The minimum atomic E-state index is -3.56. The van der Waals surface area contributed by atoms with E-state index in [1.54, 1.807) is 0 Å². The highest BCUT2D eigenvalue weighted by Gasteiger charge is 2.25. The molecular formula is C19H19F2NO4S. The van der Waals surface area contributed by atoms with Gasteiger partial charge in [0.15, 0.2) is 21.5 Å². The molecule has 1 saturated heterocycles. The summed E-state index contributed by atoms with van der Waals surface area (Å²) in [4.78, 5) is 12.5. The van der Waals surface area contributed by atoms with Gasteiger partial charge in [-0.05, 0) is 49.6 Å². The van der Waals surface area contributed by atoms with E-state index in [0.29, 0.717) is 19.6 Å². The molecule has 0 unspecified atom stereocenters. The van der Waals surface area contributed by atoms with Gasteiger partial charge in [0, 0.05) is 23.4 Å². The molecule has 1 N–H and O–H groups in total. The topological polar surface area (TPSA) is 72.5 Å². The fourth-order valence-electron chi connectivity index (χ4n) is 2.93. The molecule has 3 rings (SSSR count). The minimum Gasteiger partial charge on any atom is -0.381 e. The van der Waals surface area contributed by atoms with E-state index in [1.165, 1.54) is 37.3 Å². The number of amides is 1. The first kappa shape index (κ1) is 19.4. The van der Waals surface area contributed by atoms with Gasteiger partial charge in [0.25, 0.3) is 5.91 Å². The summed E-state index contributed by atoms with van der Waals surface area (Å²) < 4.78 is 57.2. The average molecular weight is 395 g/mol. The molecule has 1 aliphatic rings. The van der Waals surface area contributed by atoms with Crippen LogP contribution in [0.4, 0.5) is 14.5 Å². The predicted molar refractivity (Wildman–Crippen MR) is 96.5 cm³/mol. The fraction of sp³-hybridized carbons (Fsp3) is 0.316. The first-order valence-corrected chi connectivity index (χ1v) is 10.1. The lowest BCUT2D eigenvalue weighted by Crippen LogP contribution is -2.18. The van der Waals surface area contributed by atoms with Crippen molar-refractivity contribution in [2.75, 3.05) is 24.3 Å². The summed E-state index contributed by atoms with van der Waals surface area (Å²) in [5.74, 6) is -2.75. The number of halogens is 2. The molecule has 0 spiro atoms. The van der Waals surface area contributed by atoms with E-state index in [2.05, 4.69) is 5.32 Å². The Bertz CT molecular complexity index is 970. The highest BCUT2D eigenvalue weighted by molar-refractivity contribution is 7.91. The highest BCUT2D eigenvalue weighted by atomic mass is 32.2. The van der Waals surface area contributed by atoms with Crippen molar-refractivity contribution in [2.24, 2.45) is 5.92 Å². The molecule has 2 aromatic carbocycles. The van der Waals surface area contributed by atoms with Gasteiger partial charge in [0.05, 0.1) is 17.3 Å². The van der Waals surface area contributed by atoms with Gasteiger partial charge in [-0.1, -0.05) is 6.07 Å². The largest absolute Gasteiger partial charge is 0.381 e. The van der Waals surface area contributed by atoms with Gasteiger partial charge in [-0.3, -0.25) is 4.79 Å². The van der Waals surface area contributed by atoms with Crippen LogP contribution in [0.2, 0.25) is 0 Å². The second-order valence-electron chi connectivity index (χ2n) is 6.53. The van der Waals surface area contributed by atoms with Crippen LogP contribution < -0.4 is 5.32 Å². The molecule has 0 saturated carbocycles. The van der Waals surface area contributed by atoms with Crippen molar-refractivity contribution in [3.63, 3.8) is 0 Å². The summed E-state index contributed by atoms with van der Waals surface area (Å²) in [6.07, 6.45) is 0.689. The van der Waals surface area contributed by atoms with Crippen molar-refractivity contribution in [3.05, 3.63) is 59.2 Å². The van der Waals surface area contributed by atoms with E-state index in [1.807, 2.05) is 0 Å². The molecule has 1 heterocycles. The zero-order chi connectivity index (χ0) is 19.6. The summed E-state index contributed by atoms with van der Waals surface area (Å²) in [5, 5.41) is 2.49. The SMILES string of the molecule is Cc1c(NC(=O)c2cccc(S(=O)(=O)C[C@@H]3CCOC3)c2)ccc(F)c1F. The number of ether oxygens (including phenoxy) is 1. The zero-order valence-electron chi connectivity index (χ0n) is 14.7. The van der Waals surface area contributed by atoms with Gasteiger partial charge in [-0.15, -0.1) is 0 Å². The smallest absolute Gasteiger partial charge is 0.255 e. The number of hydrogen-bond donors (Lipinski definition) is 1. The third-order valence-electron chi connectivity index (χ3n) is 4.52. The number of anilines is 1. The van der Waals surface area contributed by atoms with Crippen LogP contribution in [0.3, 0.4) is 0 Å². The zero-order valence-corrected chi connectivity index (χ0v) is 15.5. The average Bonchev–Trinajstić information content (AvgIpc) is 3.14. The Morgan fingerprint density at radius 1 is 1.26 bits per heavy atom. The number of rotatable bonds is 5. The van der Waals surface area contributed by atoms with Crippen LogP contribution >= 0.6 is 0 Å². The molecule has 27 heavy (non-hydrogen) atoms. The number of benzene rings is 2. The number of nitrogens with one attached hydrogen (secondary N) is 1. The van der Waals surface area contributed by atoms with Crippen LogP contribution in [0.1, 0.15) is 22.3 Å². The quantitative estimate of drug-likeness (QED) is 0.843. The molecule has 0 bridgehead atoms. The number of hydrogen-bond acceptors (Lipinski definition) is 4. The Labute approximate surface area is 156 Å². The van der Waals surface area contributed by atoms with Crippen LogP contribution in [0.15, 0.2) is 41.3 Å². The molecule has 1 atom stereocenters. The van der Waals surface area contributed by atoms with Crippen molar-refractivity contribution in [3.8, 4) is 0 Å². The third kappa shape index (κ3) is 4.33. The second-order valence-corrected chi connectivity index (χ2v) is 8.56. The standard InChI is InChI=1S/C19H19F2NO4S/c1-12-17(6-5-16(20)18(12)21)22-19(23)14-3-2-4-15(9-14)27(24,25)11-13-7-8-26-10-13/h2-6,9,13H,7-8,10-11H2,1H3,(H,22,23)/t13-/m1/s1. The first-order chi connectivity index (χ1) is 12.8. The molecule has 1 amide bonds. The van der Waals surface area contributed by atoms with Crippen LogP contribution in [0, 0.1) is 24.5 Å². The summed E-state index contributed by atoms with van der Waals surface area (Å²) in [7, 11) is -3.56. The maximum atomic E-state index is 13.6. The van der Waals surface area contributed by atoms with Gasteiger partial charge in [-0.25, -0.2) is 17.2 Å². The van der Waals surface area contributed by atoms with Crippen LogP contribution in [-0.2, 0) is 14.6 Å². The lowest BCUT2D eigenvalue weighted by molar-refractivity contribution is 0.102. The summed E-state index contributed by atoms with van der Waals surface area (Å²) in [5.41, 5.74) is 0.200. The van der Waals surface area contributed by atoms with Gasteiger partial charge in [0.2, 0.25) is 0 Å². The molecule has 8 heteroatoms. The molecule has 0 aromatic heterocycles. The van der Waals surface area contributed by atoms with E-state index < -0.39 is 27.4 Å². The summed E-state index contributed by atoms with van der Waals surface area (Å²) in [6, 6.07) is 7.84. The normalized spacial score (nSPS) is 17.1. The molecule has 1 fully saturated rings. The number of carbonyl (C=O) groups is 1. The Balaban J connectivity index is 1.80. The molecule has 5 nitrogen and oxygen atoms in total. The summed E-state index contributed by atoms with van der Waals surface area (Å²) >= 11 is 0. The van der Waals surface area contributed by atoms with Crippen LogP contribution in [-0.4, -0.2) is 33.3 Å². The molecule has 0 radical (unpaired) electrons. The second kappa shape index (κ2) is 7.74. The predicted octanol–water partition coefficient (Wildman–Crippen LogP) is 3.34. The van der Waals surface area contributed by atoms with Gasteiger partial charge < -0.3 is 10.1 Å². The Hall–Kier alpha value is -2.32. The Morgan fingerprint density at radius 3 is 2.74 bits per heavy atom. The van der Waals surface area contributed by atoms with Gasteiger partial charge in [-0.2, -0.15) is 0 Å². The van der Waals surface area contributed by atoms with Crippen molar-refractivity contribution < 1.29 is 26.7 Å². The van der Waals surface area contributed by atoms with Crippen molar-refractivity contribution in [1.82, 2.24) is 0 Å². The highest BCUT2D eigenvalue weighted by Crippen LogP contribution is 2.23. The lowest BCUT2D eigenvalue weighted by Gasteiger charge is -2.12. The molecule has 144 valence electrons. The van der Waals surface area contributed by atoms with E-state index in [9.17, 15) is 22.0 Å². The van der Waals surface area contributed by atoms with Crippen molar-refractivity contribution in [1.29, 1.82) is 0 Å². The molecular weight excluding hydrogens is 376 g/mol. The number of carbonyl (C=O) groups excluding carboxylic acids is 1. The number of sulfone groups is 1. The molecule has 0 aliphatic carbocycles. The van der Waals surface area contributed by atoms with Crippen LogP contribution in [0.25, 0.3) is 0 Å². The van der Waals surface area contributed by atoms with E-state index in [-0.39, 0.29) is 33.4 Å². The lowest BCUT2D eigenvalue weighted by atomic mass is 10.1. The summed E-state index contributed by atoms with van der Waals surface area (Å²) in [6.45, 7) is 2.31. The molecule has 1 aliphatic heterocycles. The fourth-order valence-corrected chi connectivity index (χ4v) is 4.60. The maximum absolute atomic E-state index is 13.6. The van der Waals surface area contributed by atoms with Gasteiger partial charge in [0.1, 0.15) is 0 Å². The van der Waals surface area contributed by atoms with E-state index >= 15 is 0 Å². The Kier molecular flexibility index (Phi) is 5.57. The first-order valence-electron chi connectivity index (χ1n) is 8.44. The van der Waals surface area contributed by atoms with Gasteiger partial charge >= 0.3 is 0 Å². The minimum absolute atomic E-state index is 0.0339.